The van der Waals surface area contributed by atoms with Crippen molar-refractivity contribution in [1.29, 1.82) is 0 Å². The second kappa shape index (κ2) is 8.85. The number of amides is 1. The first-order chi connectivity index (χ1) is 14.5. The number of ether oxygens (including phenoxy) is 1. The average Bonchev–Trinajstić information content (AvgIpc) is 3.32. The number of hydrogen-bond acceptors (Lipinski definition) is 4. The molecule has 30 heavy (non-hydrogen) atoms. The topological polar surface area (TPSA) is 75.7 Å². The van der Waals surface area contributed by atoms with E-state index < -0.39 is 10.0 Å². The lowest BCUT2D eigenvalue weighted by atomic mass is 10.0. The van der Waals surface area contributed by atoms with Crippen molar-refractivity contribution in [1.82, 2.24) is 9.62 Å². The Labute approximate surface area is 176 Å². The Hall–Kier alpha value is -2.90. The van der Waals surface area contributed by atoms with Gasteiger partial charge in [-0.15, -0.1) is 0 Å². The molecule has 1 aliphatic heterocycles. The fraction of sp³-hybridized carbons (Fsp3) is 0.261. The molecule has 6 nitrogen and oxygen atoms in total. The molecule has 156 valence electrons. The fourth-order valence-corrected chi connectivity index (χ4v) is 5.14. The normalized spacial score (nSPS) is 14.7. The van der Waals surface area contributed by atoms with Crippen molar-refractivity contribution in [2.75, 3.05) is 19.7 Å². The maximum absolute atomic E-state index is 12.5. The van der Waals surface area contributed by atoms with Crippen LogP contribution in [-0.2, 0) is 21.4 Å². The molecule has 7 heteroatoms. The molecule has 1 N–H and O–H groups in total. The van der Waals surface area contributed by atoms with Gasteiger partial charge in [0.2, 0.25) is 10.0 Å². The van der Waals surface area contributed by atoms with Gasteiger partial charge in [0, 0.05) is 19.6 Å². The van der Waals surface area contributed by atoms with Gasteiger partial charge >= 0.3 is 0 Å². The summed E-state index contributed by atoms with van der Waals surface area (Å²) in [6.07, 6.45) is 1.79. The molecular formula is C23H24N2O4S. The summed E-state index contributed by atoms with van der Waals surface area (Å²) in [6, 6.07) is 20.3. The predicted molar refractivity (Wildman–Crippen MR) is 116 cm³/mol. The zero-order valence-corrected chi connectivity index (χ0v) is 17.4. The van der Waals surface area contributed by atoms with Crippen LogP contribution < -0.4 is 10.1 Å². The van der Waals surface area contributed by atoms with Crippen LogP contribution in [0, 0.1) is 0 Å². The van der Waals surface area contributed by atoms with Crippen LogP contribution in [0.1, 0.15) is 18.4 Å². The van der Waals surface area contributed by atoms with Crippen LogP contribution in [0.4, 0.5) is 0 Å². The highest BCUT2D eigenvalue weighted by Crippen LogP contribution is 2.23. The van der Waals surface area contributed by atoms with Crippen LogP contribution in [0.3, 0.4) is 0 Å². The van der Waals surface area contributed by atoms with Crippen LogP contribution in [0.2, 0.25) is 0 Å². The third-order valence-electron chi connectivity index (χ3n) is 5.25. The molecule has 3 aromatic carbocycles. The van der Waals surface area contributed by atoms with Crippen LogP contribution in [0.25, 0.3) is 10.8 Å². The molecule has 0 aromatic heterocycles. The summed E-state index contributed by atoms with van der Waals surface area (Å²) in [7, 11) is -3.45. The third-order valence-corrected chi connectivity index (χ3v) is 7.17. The molecule has 0 bridgehead atoms. The number of benzene rings is 3. The first kappa shape index (κ1) is 20.4. The molecule has 0 radical (unpaired) electrons. The van der Waals surface area contributed by atoms with Gasteiger partial charge in [-0.1, -0.05) is 42.5 Å². The van der Waals surface area contributed by atoms with E-state index in [0.29, 0.717) is 25.4 Å². The lowest BCUT2D eigenvalue weighted by Crippen LogP contribution is -2.28. The quantitative estimate of drug-likeness (QED) is 0.631. The van der Waals surface area contributed by atoms with E-state index in [4.69, 9.17) is 4.74 Å². The molecule has 0 aliphatic carbocycles. The third kappa shape index (κ3) is 4.47. The Morgan fingerprint density at radius 1 is 0.933 bits per heavy atom. The number of rotatable bonds is 7. The van der Waals surface area contributed by atoms with E-state index in [0.717, 1.165) is 29.2 Å². The van der Waals surface area contributed by atoms with Gasteiger partial charge < -0.3 is 10.1 Å². The molecule has 1 aliphatic rings. The van der Waals surface area contributed by atoms with Crippen LogP contribution in [-0.4, -0.2) is 38.3 Å². The van der Waals surface area contributed by atoms with E-state index in [1.54, 1.807) is 12.1 Å². The zero-order valence-electron chi connectivity index (χ0n) is 16.6. The highest BCUT2D eigenvalue weighted by molar-refractivity contribution is 7.89. The summed E-state index contributed by atoms with van der Waals surface area (Å²) < 4.78 is 32.1. The van der Waals surface area contributed by atoms with Crippen LogP contribution in [0.15, 0.2) is 71.6 Å². The molecule has 0 unspecified atom stereocenters. The molecule has 3 aromatic rings. The summed E-state index contributed by atoms with van der Waals surface area (Å²) in [5, 5.41) is 5.10. The van der Waals surface area contributed by atoms with Gasteiger partial charge in [-0.05, 0) is 53.4 Å². The molecule has 1 amide bonds. The summed E-state index contributed by atoms with van der Waals surface area (Å²) in [6.45, 7) is 1.41. The van der Waals surface area contributed by atoms with Crippen molar-refractivity contribution >= 4 is 26.7 Å². The molecular weight excluding hydrogens is 400 g/mol. The molecule has 1 saturated heterocycles. The molecule has 0 saturated carbocycles. The Morgan fingerprint density at radius 3 is 2.40 bits per heavy atom. The van der Waals surface area contributed by atoms with E-state index in [9.17, 15) is 13.2 Å². The van der Waals surface area contributed by atoms with Gasteiger partial charge in [-0.25, -0.2) is 8.42 Å². The van der Waals surface area contributed by atoms with Gasteiger partial charge in [-0.2, -0.15) is 4.31 Å². The van der Waals surface area contributed by atoms with E-state index in [1.165, 1.54) is 16.4 Å². The maximum Gasteiger partial charge on any atom is 0.258 e. The van der Waals surface area contributed by atoms with Gasteiger partial charge in [0.1, 0.15) is 5.75 Å². The van der Waals surface area contributed by atoms with Gasteiger partial charge in [0.25, 0.3) is 5.91 Å². The Morgan fingerprint density at radius 2 is 1.63 bits per heavy atom. The van der Waals surface area contributed by atoms with Crippen molar-refractivity contribution in [3.8, 4) is 5.75 Å². The number of nitrogens with zero attached hydrogens (tertiary/aromatic N) is 1. The standard InChI is InChI=1S/C23H24N2O4S/c26-23(24-16-19-8-5-7-18-6-1-2-9-22(18)19)17-29-20-10-12-21(13-11-20)30(27,28)25-14-3-4-15-25/h1-2,5-13H,3-4,14-17H2,(H,24,26). The minimum Gasteiger partial charge on any atom is -0.484 e. The SMILES string of the molecule is O=C(COc1ccc(S(=O)(=O)N2CCCC2)cc1)NCc1cccc2ccccc12. The number of nitrogens with one attached hydrogen (secondary N) is 1. The molecule has 1 fully saturated rings. The molecule has 4 rings (SSSR count). The van der Waals surface area contributed by atoms with Crippen molar-refractivity contribution in [2.24, 2.45) is 0 Å². The largest absolute Gasteiger partial charge is 0.484 e. The first-order valence-corrected chi connectivity index (χ1v) is 11.4. The summed E-state index contributed by atoms with van der Waals surface area (Å²) in [4.78, 5) is 12.4. The van der Waals surface area contributed by atoms with Gasteiger partial charge in [0.15, 0.2) is 6.61 Å². The Bertz CT molecular complexity index is 1130. The highest BCUT2D eigenvalue weighted by Gasteiger charge is 2.26. The molecule has 0 spiro atoms. The maximum atomic E-state index is 12.5. The highest BCUT2D eigenvalue weighted by atomic mass is 32.2. The van der Waals surface area contributed by atoms with Crippen molar-refractivity contribution < 1.29 is 17.9 Å². The lowest BCUT2D eigenvalue weighted by molar-refractivity contribution is -0.123. The second-order valence-electron chi connectivity index (χ2n) is 7.29. The smallest absolute Gasteiger partial charge is 0.258 e. The Balaban J connectivity index is 1.31. The van der Waals surface area contributed by atoms with E-state index in [1.807, 2.05) is 42.5 Å². The number of hydrogen-bond donors (Lipinski definition) is 1. The minimum absolute atomic E-state index is 0.136. The van der Waals surface area contributed by atoms with Crippen molar-refractivity contribution in [3.05, 3.63) is 72.3 Å². The number of carbonyl (C=O) groups excluding carboxylic acids is 1. The number of fused-ring (bicyclic) bond motifs is 1. The van der Waals surface area contributed by atoms with Crippen LogP contribution in [0.5, 0.6) is 5.75 Å². The predicted octanol–water partition coefficient (Wildman–Crippen LogP) is 3.32. The average molecular weight is 425 g/mol. The van der Waals surface area contributed by atoms with E-state index >= 15 is 0 Å². The number of carbonyl (C=O) groups is 1. The minimum atomic E-state index is -3.45. The zero-order chi connectivity index (χ0) is 21.0. The van der Waals surface area contributed by atoms with E-state index in [-0.39, 0.29) is 17.4 Å². The monoisotopic (exact) mass is 424 g/mol. The summed E-state index contributed by atoms with van der Waals surface area (Å²) in [5.41, 5.74) is 1.04. The van der Waals surface area contributed by atoms with Crippen LogP contribution >= 0.6 is 0 Å². The van der Waals surface area contributed by atoms with E-state index in [2.05, 4.69) is 5.32 Å². The van der Waals surface area contributed by atoms with Crippen molar-refractivity contribution in [3.63, 3.8) is 0 Å². The summed E-state index contributed by atoms with van der Waals surface area (Å²) >= 11 is 0. The molecule has 1 heterocycles. The van der Waals surface area contributed by atoms with Crippen molar-refractivity contribution in [2.45, 2.75) is 24.3 Å². The Kier molecular flexibility index (Phi) is 6.01. The fourth-order valence-electron chi connectivity index (χ4n) is 3.63. The number of sulfonamides is 1. The first-order valence-electron chi connectivity index (χ1n) is 10.0. The van der Waals surface area contributed by atoms with Gasteiger partial charge in [0.05, 0.1) is 4.90 Å². The summed E-state index contributed by atoms with van der Waals surface area (Å²) in [5.74, 6) is 0.215. The second-order valence-corrected chi connectivity index (χ2v) is 9.22. The lowest BCUT2D eigenvalue weighted by Gasteiger charge is -2.15. The molecule has 0 atom stereocenters. The van der Waals surface area contributed by atoms with Gasteiger partial charge in [-0.3, -0.25) is 4.79 Å².